The summed E-state index contributed by atoms with van der Waals surface area (Å²) < 4.78 is 20.3. The molecular weight excluding hydrogens is 363 g/mol. The van der Waals surface area contributed by atoms with E-state index in [-0.39, 0.29) is 18.3 Å². The number of carbonyl (C=O) groups is 1. The second kappa shape index (κ2) is 7.84. The summed E-state index contributed by atoms with van der Waals surface area (Å²) in [6, 6.07) is 6.49. The Labute approximate surface area is 161 Å². The lowest BCUT2D eigenvalue weighted by Gasteiger charge is -2.31. The predicted octanol–water partition coefficient (Wildman–Crippen LogP) is 4.22. The molecule has 148 valence electrons. The molecule has 0 saturated heterocycles. The zero-order chi connectivity index (χ0) is 20.3. The number of nitrogens with zero attached hydrogens (tertiary/aromatic N) is 2. The van der Waals surface area contributed by atoms with Gasteiger partial charge in [0.25, 0.3) is 0 Å². The summed E-state index contributed by atoms with van der Waals surface area (Å²) in [7, 11) is 0. The smallest absolute Gasteiger partial charge is 0.405 e. The molecule has 2 aromatic heterocycles. The number of rotatable bonds is 7. The summed E-state index contributed by atoms with van der Waals surface area (Å²) in [6.07, 6.45) is 2.71. The maximum atomic E-state index is 14.7. The second-order valence-corrected chi connectivity index (χ2v) is 7.51. The normalized spacial score (nSPS) is 13.5. The molecule has 3 N–H and O–H groups in total. The number of ether oxygens (including phenoxy) is 1. The molecule has 1 amide bonds. The highest BCUT2D eigenvalue weighted by Gasteiger charge is 2.29. The van der Waals surface area contributed by atoms with Crippen LogP contribution in [-0.2, 0) is 0 Å². The van der Waals surface area contributed by atoms with Crippen LogP contribution in [0.3, 0.4) is 0 Å². The topological polar surface area (TPSA) is 100 Å². The van der Waals surface area contributed by atoms with E-state index in [2.05, 4.69) is 20.5 Å². The van der Waals surface area contributed by atoms with Gasteiger partial charge in [0.15, 0.2) is 17.2 Å². The van der Waals surface area contributed by atoms with Crippen LogP contribution in [0.2, 0.25) is 0 Å². The van der Waals surface area contributed by atoms with Crippen molar-refractivity contribution < 1.29 is 19.0 Å². The number of aromatic nitrogens is 3. The first-order valence-corrected chi connectivity index (χ1v) is 8.99. The molecule has 1 atom stereocenters. The number of benzene rings is 1. The molecule has 0 bridgehead atoms. The molecule has 1 aromatic carbocycles. The van der Waals surface area contributed by atoms with E-state index in [4.69, 9.17) is 9.84 Å². The maximum absolute atomic E-state index is 14.7. The number of carboxylic acid groups (broad SMARTS) is 1. The SMILES string of the molecule is CC(C)CC(C)(COc1ccc(-c2ccnc3[nH]ncc23)cc1F)NC(=O)O. The lowest BCUT2D eigenvalue weighted by atomic mass is 9.91. The fourth-order valence-corrected chi connectivity index (χ4v) is 3.43. The molecule has 7 nitrogen and oxygen atoms in total. The monoisotopic (exact) mass is 386 g/mol. The second-order valence-electron chi connectivity index (χ2n) is 7.51. The van der Waals surface area contributed by atoms with Gasteiger partial charge in [-0.05, 0) is 48.6 Å². The zero-order valence-electron chi connectivity index (χ0n) is 16.0. The molecule has 0 aliphatic carbocycles. The molecular formula is C20H23FN4O3. The highest BCUT2D eigenvalue weighted by Crippen LogP contribution is 2.30. The number of hydrogen-bond donors (Lipinski definition) is 3. The van der Waals surface area contributed by atoms with Crippen molar-refractivity contribution in [2.24, 2.45) is 5.92 Å². The quantitative estimate of drug-likeness (QED) is 0.565. The zero-order valence-corrected chi connectivity index (χ0v) is 16.0. The van der Waals surface area contributed by atoms with Gasteiger partial charge in [0.05, 0.1) is 11.7 Å². The van der Waals surface area contributed by atoms with E-state index in [0.29, 0.717) is 17.6 Å². The number of hydrogen-bond acceptors (Lipinski definition) is 4. The van der Waals surface area contributed by atoms with Gasteiger partial charge in [-0.1, -0.05) is 19.9 Å². The summed E-state index contributed by atoms with van der Waals surface area (Å²) in [4.78, 5) is 15.3. The van der Waals surface area contributed by atoms with E-state index in [0.717, 1.165) is 10.9 Å². The Morgan fingerprint density at radius 1 is 1.39 bits per heavy atom. The van der Waals surface area contributed by atoms with E-state index in [9.17, 15) is 9.18 Å². The van der Waals surface area contributed by atoms with Gasteiger partial charge in [0.1, 0.15) is 6.61 Å². The molecule has 3 aromatic rings. The van der Waals surface area contributed by atoms with Crippen molar-refractivity contribution in [3.05, 3.63) is 42.5 Å². The molecule has 0 aliphatic rings. The van der Waals surface area contributed by atoms with Crippen molar-refractivity contribution in [1.29, 1.82) is 0 Å². The van der Waals surface area contributed by atoms with Crippen LogP contribution < -0.4 is 10.1 Å². The van der Waals surface area contributed by atoms with Crippen LogP contribution in [0, 0.1) is 11.7 Å². The molecule has 3 rings (SSSR count). The Hall–Kier alpha value is -3.16. The molecule has 28 heavy (non-hydrogen) atoms. The first-order chi connectivity index (χ1) is 13.3. The van der Waals surface area contributed by atoms with Gasteiger partial charge >= 0.3 is 6.09 Å². The molecule has 0 spiro atoms. The van der Waals surface area contributed by atoms with Gasteiger partial charge in [-0.3, -0.25) is 5.10 Å². The molecule has 0 aliphatic heterocycles. The standard InChI is InChI=1S/C20H23FN4O3/c1-12(2)9-20(3,24-19(26)27)11-28-17-5-4-13(8-16(17)21)14-6-7-22-18-15(14)10-23-25-18/h4-8,10,12,24H,9,11H2,1-3H3,(H,26,27)(H,22,23,25). The number of nitrogens with one attached hydrogen (secondary N) is 2. The Balaban J connectivity index is 1.81. The Kier molecular flexibility index (Phi) is 5.48. The summed E-state index contributed by atoms with van der Waals surface area (Å²) in [5.41, 5.74) is 1.29. The van der Waals surface area contributed by atoms with Crippen LogP contribution in [0.25, 0.3) is 22.2 Å². The van der Waals surface area contributed by atoms with E-state index >= 15 is 0 Å². The van der Waals surface area contributed by atoms with Crippen molar-refractivity contribution in [2.75, 3.05) is 6.61 Å². The van der Waals surface area contributed by atoms with Crippen LogP contribution in [0.15, 0.2) is 36.7 Å². The minimum absolute atomic E-state index is 0.0228. The van der Waals surface area contributed by atoms with E-state index in [1.807, 2.05) is 13.8 Å². The van der Waals surface area contributed by atoms with Crippen molar-refractivity contribution in [3.8, 4) is 16.9 Å². The highest BCUT2D eigenvalue weighted by molar-refractivity contribution is 5.92. The Bertz CT molecular complexity index is 988. The molecule has 0 saturated carbocycles. The number of aromatic amines is 1. The average Bonchev–Trinajstić information content (AvgIpc) is 3.08. The number of fused-ring (bicyclic) bond motifs is 1. The first-order valence-electron chi connectivity index (χ1n) is 8.99. The fraction of sp³-hybridized carbons (Fsp3) is 0.350. The molecule has 1 unspecified atom stereocenters. The van der Waals surface area contributed by atoms with E-state index in [1.165, 1.54) is 6.07 Å². The van der Waals surface area contributed by atoms with E-state index in [1.54, 1.807) is 37.5 Å². The van der Waals surface area contributed by atoms with Crippen LogP contribution in [-0.4, -0.2) is 38.5 Å². The van der Waals surface area contributed by atoms with Crippen LogP contribution >= 0.6 is 0 Å². The fourth-order valence-electron chi connectivity index (χ4n) is 3.43. The average molecular weight is 386 g/mol. The van der Waals surface area contributed by atoms with Crippen molar-refractivity contribution in [1.82, 2.24) is 20.5 Å². The number of halogens is 1. The van der Waals surface area contributed by atoms with Crippen LogP contribution in [0.5, 0.6) is 5.75 Å². The van der Waals surface area contributed by atoms with Gasteiger partial charge in [-0.25, -0.2) is 14.2 Å². The van der Waals surface area contributed by atoms with Gasteiger partial charge in [-0.2, -0.15) is 5.10 Å². The third-order valence-corrected chi connectivity index (χ3v) is 4.41. The molecule has 0 fully saturated rings. The highest BCUT2D eigenvalue weighted by atomic mass is 19.1. The van der Waals surface area contributed by atoms with E-state index < -0.39 is 17.4 Å². The van der Waals surface area contributed by atoms with Crippen molar-refractivity contribution >= 4 is 17.1 Å². The molecule has 2 heterocycles. The summed E-state index contributed by atoms with van der Waals surface area (Å²) in [6.45, 7) is 5.75. The van der Waals surface area contributed by atoms with Crippen molar-refractivity contribution in [2.45, 2.75) is 32.7 Å². The first kappa shape index (κ1) is 19.6. The minimum Gasteiger partial charge on any atom is -0.488 e. The minimum atomic E-state index is -1.13. The summed E-state index contributed by atoms with van der Waals surface area (Å²) in [5.74, 6) is -0.201. The number of H-pyrrole nitrogens is 1. The third kappa shape index (κ3) is 4.39. The lowest BCUT2D eigenvalue weighted by Crippen LogP contribution is -2.50. The van der Waals surface area contributed by atoms with Crippen molar-refractivity contribution in [3.63, 3.8) is 0 Å². The van der Waals surface area contributed by atoms with Gasteiger partial charge in [0, 0.05) is 11.6 Å². The van der Waals surface area contributed by atoms with Crippen LogP contribution in [0.1, 0.15) is 27.2 Å². The molecule has 0 radical (unpaired) electrons. The number of amides is 1. The Morgan fingerprint density at radius 2 is 2.18 bits per heavy atom. The predicted molar refractivity (Wildman–Crippen MR) is 104 cm³/mol. The van der Waals surface area contributed by atoms with Gasteiger partial charge < -0.3 is 15.2 Å². The largest absolute Gasteiger partial charge is 0.488 e. The summed E-state index contributed by atoms with van der Waals surface area (Å²) in [5, 5.41) is 19.1. The number of pyridine rings is 1. The third-order valence-electron chi connectivity index (χ3n) is 4.41. The summed E-state index contributed by atoms with van der Waals surface area (Å²) >= 11 is 0. The Morgan fingerprint density at radius 3 is 2.86 bits per heavy atom. The maximum Gasteiger partial charge on any atom is 0.405 e. The van der Waals surface area contributed by atoms with Gasteiger partial charge in [-0.15, -0.1) is 0 Å². The lowest BCUT2D eigenvalue weighted by molar-refractivity contribution is 0.141. The van der Waals surface area contributed by atoms with Crippen LogP contribution in [0.4, 0.5) is 9.18 Å². The van der Waals surface area contributed by atoms with Gasteiger partial charge in [0.2, 0.25) is 0 Å². The molecule has 8 heteroatoms.